The van der Waals surface area contributed by atoms with Crippen LogP contribution in [0.25, 0.3) is 5.69 Å². The third-order valence-electron chi connectivity index (χ3n) is 4.05. The van der Waals surface area contributed by atoms with Crippen molar-refractivity contribution in [1.82, 2.24) is 20.0 Å². The fourth-order valence-electron chi connectivity index (χ4n) is 2.70. The van der Waals surface area contributed by atoms with Gasteiger partial charge in [-0.3, -0.25) is 9.78 Å². The first-order chi connectivity index (χ1) is 13.2. The van der Waals surface area contributed by atoms with Gasteiger partial charge < -0.3 is 5.32 Å². The average molecular weight is 389 g/mol. The van der Waals surface area contributed by atoms with Crippen LogP contribution in [0.3, 0.4) is 0 Å². The summed E-state index contributed by atoms with van der Waals surface area (Å²) in [5.74, 6) is -0.735. The summed E-state index contributed by atoms with van der Waals surface area (Å²) in [4.78, 5) is 15.9. The van der Waals surface area contributed by atoms with Gasteiger partial charge in [-0.2, -0.15) is 13.2 Å². The van der Waals surface area contributed by atoms with Crippen molar-refractivity contribution in [3.05, 3.63) is 65.2 Å². The minimum Gasteiger partial charge on any atom is -0.320 e. The molecule has 1 amide bonds. The third-order valence-corrected chi connectivity index (χ3v) is 4.05. The summed E-state index contributed by atoms with van der Waals surface area (Å²) in [6.45, 7) is 5.72. The Labute approximate surface area is 159 Å². The van der Waals surface area contributed by atoms with Crippen LogP contribution in [0.2, 0.25) is 0 Å². The molecule has 2 aromatic heterocycles. The van der Waals surface area contributed by atoms with Crippen LogP contribution < -0.4 is 5.32 Å². The molecule has 0 bridgehead atoms. The molecule has 0 saturated carbocycles. The van der Waals surface area contributed by atoms with E-state index in [4.69, 9.17) is 0 Å². The maximum atomic E-state index is 12.8. The van der Waals surface area contributed by atoms with Crippen molar-refractivity contribution in [3.63, 3.8) is 0 Å². The van der Waals surface area contributed by atoms with Crippen molar-refractivity contribution in [2.75, 3.05) is 5.32 Å². The molecule has 1 N–H and O–H groups in total. The van der Waals surface area contributed by atoms with Crippen molar-refractivity contribution in [3.8, 4) is 5.69 Å². The molecule has 0 spiro atoms. The molecule has 0 unspecified atom stereocenters. The molecule has 0 aliphatic rings. The summed E-state index contributed by atoms with van der Waals surface area (Å²) in [6.07, 6.45) is -3.61. The van der Waals surface area contributed by atoms with E-state index in [1.807, 2.05) is 45.0 Å². The number of rotatable bonds is 4. The topological polar surface area (TPSA) is 72.7 Å². The van der Waals surface area contributed by atoms with E-state index in [2.05, 4.69) is 20.6 Å². The van der Waals surface area contributed by atoms with Gasteiger partial charge in [-0.25, -0.2) is 4.68 Å². The number of halogens is 3. The summed E-state index contributed by atoms with van der Waals surface area (Å²) >= 11 is 0. The van der Waals surface area contributed by atoms with Crippen LogP contribution >= 0.6 is 0 Å². The molecule has 0 aliphatic heterocycles. The molecular formula is C19H18F3N5O. The number of carbonyl (C=O) groups is 1. The number of alkyl halides is 3. The van der Waals surface area contributed by atoms with E-state index in [0.717, 1.165) is 23.5 Å². The Morgan fingerprint density at radius 1 is 1.14 bits per heavy atom. The summed E-state index contributed by atoms with van der Waals surface area (Å²) in [5.41, 5.74) is 1.33. The lowest BCUT2D eigenvalue weighted by atomic mass is 10.1. The molecule has 2 heterocycles. The fraction of sp³-hybridized carbons (Fsp3) is 0.263. The van der Waals surface area contributed by atoms with E-state index in [1.54, 1.807) is 4.68 Å². The van der Waals surface area contributed by atoms with Crippen LogP contribution in [0.5, 0.6) is 0 Å². The van der Waals surface area contributed by atoms with Gasteiger partial charge in [0.2, 0.25) is 0 Å². The number of aromatic nitrogens is 4. The number of carbonyl (C=O) groups excluding carboxylic acids is 1. The highest BCUT2D eigenvalue weighted by atomic mass is 19.4. The number of nitrogens with zero attached hydrogens (tertiary/aromatic N) is 4. The maximum absolute atomic E-state index is 12.8. The summed E-state index contributed by atoms with van der Waals surface area (Å²) < 4.78 is 40.0. The van der Waals surface area contributed by atoms with Crippen molar-refractivity contribution in [1.29, 1.82) is 0 Å². The van der Waals surface area contributed by atoms with Gasteiger partial charge in [0, 0.05) is 11.9 Å². The Kier molecular flexibility index (Phi) is 5.17. The highest BCUT2D eigenvalue weighted by Crippen LogP contribution is 2.29. The Balaban J connectivity index is 1.93. The monoisotopic (exact) mass is 389 g/mol. The zero-order chi connectivity index (χ0) is 20.5. The van der Waals surface area contributed by atoms with Crippen molar-refractivity contribution in [2.45, 2.75) is 32.9 Å². The zero-order valence-electron chi connectivity index (χ0n) is 15.4. The number of amides is 1. The largest absolute Gasteiger partial charge is 0.433 e. The molecule has 0 aliphatic carbocycles. The van der Waals surface area contributed by atoms with Crippen LogP contribution in [0.1, 0.15) is 47.2 Å². The standard InChI is InChI=1S/C19H18F3N5O/c1-11(2)17-16(25-26-27(17)14-6-4-12(3)5-7-14)18(28)24-13-8-9-23-15(10-13)19(20,21)22/h4-11H,1-3H3,(H,23,24,28). The molecule has 1 aromatic carbocycles. The second-order valence-corrected chi connectivity index (χ2v) is 6.61. The smallest absolute Gasteiger partial charge is 0.320 e. The third kappa shape index (κ3) is 4.03. The lowest BCUT2D eigenvalue weighted by Crippen LogP contribution is -2.17. The van der Waals surface area contributed by atoms with Crippen LogP contribution in [0, 0.1) is 6.92 Å². The maximum Gasteiger partial charge on any atom is 0.433 e. The molecule has 0 radical (unpaired) electrons. The van der Waals surface area contributed by atoms with Crippen molar-refractivity contribution >= 4 is 11.6 Å². The Morgan fingerprint density at radius 2 is 1.82 bits per heavy atom. The van der Waals surface area contributed by atoms with Crippen molar-refractivity contribution < 1.29 is 18.0 Å². The van der Waals surface area contributed by atoms with Gasteiger partial charge >= 0.3 is 6.18 Å². The molecule has 9 heteroatoms. The number of nitrogens with one attached hydrogen (secondary N) is 1. The molecule has 3 aromatic rings. The Hall–Kier alpha value is -3.23. The van der Waals surface area contributed by atoms with E-state index in [1.165, 1.54) is 6.07 Å². The second-order valence-electron chi connectivity index (χ2n) is 6.61. The van der Waals surface area contributed by atoms with Crippen LogP contribution in [-0.4, -0.2) is 25.9 Å². The van der Waals surface area contributed by atoms with Crippen LogP contribution in [0.4, 0.5) is 18.9 Å². The fourth-order valence-corrected chi connectivity index (χ4v) is 2.70. The highest BCUT2D eigenvalue weighted by molar-refractivity contribution is 6.03. The molecular weight excluding hydrogens is 371 g/mol. The molecule has 0 fully saturated rings. The van der Waals surface area contributed by atoms with E-state index < -0.39 is 17.8 Å². The zero-order valence-corrected chi connectivity index (χ0v) is 15.4. The first kappa shape index (κ1) is 19.5. The van der Waals surface area contributed by atoms with Gasteiger partial charge in [-0.05, 0) is 37.1 Å². The SMILES string of the molecule is Cc1ccc(-n2nnc(C(=O)Nc3ccnc(C(F)(F)F)c3)c2C(C)C)cc1. The lowest BCUT2D eigenvalue weighted by molar-refractivity contribution is -0.141. The van der Waals surface area contributed by atoms with Crippen molar-refractivity contribution in [2.24, 2.45) is 0 Å². The van der Waals surface area contributed by atoms with Gasteiger partial charge in [0.05, 0.1) is 11.4 Å². The van der Waals surface area contributed by atoms with E-state index in [-0.39, 0.29) is 17.3 Å². The van der Waals surface area contributed by atoms with Gasteiger partial charge in [0.1, 0.15) is 5.69 Å². The number of aryl methyl sites for hydroxylation is 1. The number of pyridine rings is 1. The summed E-state index contributed by atoms with van der Waals surface area (Å²) in [7, 11) is 0. The Bertz CT molecular complexity index is 994. The van der Waals surface area contributed by atoms with E-state index >= 15 is 0 Å². The number of anilines is 1. The quantitative estimate of drug-likeness (QED) is 0.719. The highest BCUT2D eigenvalue weighted by Gasteiger charge is 2.32. The lowest BCUT2D eigenvalue weighted by Gasteiger charge is -2.12. The minimum absolute atomic E-state index is 0.0214. The number of benzene rings is 1. The predicted molar refractivity (Wildman–Crippen MR) is 97.4 cm³/mol. The van der Waals surface area contributed by atoms with Crippen LogP contribution in [-0.2, 0) is 6.18 Å². The molecule has 3 rings (SSSR count). The first-order valence-corrected chi connectivity index (χ1v) is 8.54. The van der Waals surface area contributed by atoms with Gasteiger partial charge in [0.15, 0.2) is 5.69 Å². The second kappa shape index (κ2) is 7.41. The molecule has 6 nitrogen and oxygen atoms in total. The van der Waals surface area contributed by atoms with E-state index in [0.29, 0.717) is 5.69 Å². The Morgan fingerprint density at radius 3 is 2.43 bits per heavy atom. The van der Waals surface area contributed by atoms with Gasteiger partial charge in [-0.1, -0.05) is 36.8 Å². The number of hydrogen-bond donors (Lipinski definition) is 1. The predicted octanol–water partition coefficient (Wildman–Crippen LogP) is 4.37. The molecule has 146 valence electrons. The normalized spacial score (nSPS) is 11.7. The average Bonchev–Trinajstić information content (AvgIpc) is 3.07. The number of hydrogen-bond acceptors (Lipinski definition) is 4. The minimum atomic E-state index is -4.60. The molecule has 0 atom stereocenters. The first-order valence-electron chi connectivity index (χ1n) is 8.54. The summed E-state index contributed by atoms with van der Waals surface area (Å²) in [5, 5.41) is 10.5. The molecule has 0 saturated heterocycles. The molecule has 28 heavy (non-hydrogen) atoms. The summed E-state index contributed by atoms with van der Waals surface area (Å²) in [6, 6.07) is 9.60. The van der Waals surface area contributed by atoms with Gasteiger partial charge in [0.25, 0.3) is 5.91 Å². The van der Waals surface area contributed by atoms with Crippen LogP contribution in [0.15, 0.2) is 42.6 Å². The van der Waals surface area contributed by atoms with E-state index in [9.17, 15) is 18.0 Å². The van der Waals surface area contributed by atoms with Gasteiger partial charge in [-0.15, -0.1) is 5.10 Å².